The molecule has 5 heteroatoms. The highest BCUT2D eigenvalue weighted by atomic mass is 16.2. The van der Waals surface area contributed by atoms with Crippen molar-refractivity contribution in [2.75, 3.05) is 24.5 Å². The molecule has 21 heavy (non-hydrogen) atoms. The van der Waals surface area contributed by atoms with Crippen LogP contribution in [0, 0.1) is 0 Å². The minimum atomic E-state index is -0.0389. The summed E-state index contributed by atoms with van der Waals surface area (Å²) in [5.74, 6) is 0.128. The Morgan fingerprint density at radius 1 is 1.24 bits per heavy atom. The van der Waals surface area contributed by atoms with Crippen molar-refractivity contribution in [3.8, 4) is 0 Å². The number of rotatable bonds is 3. The third-order valence-electron chi connectivity index (χ3n) is 4.15. The molecule has 0 spiro atoms. The molecule has 5 nitrogen and oxygen atoms in total. The third-order valence-corrected chi connectivity index (χ3v) is 4.15. The van der Waals surface area contributed by atoms with Gasteiger partial charge in [-0.05, 0) is 50.1 Å². The lowest BCUT2D eigenvalue weighted by molar-refractivity contribution is -0.117. The Labute approximate surface area is 124 Å². The van der Waals surface area contributed by atoms with E-state index >= 15 is 0 Å². The predicted octanol–water partition coefficient (Wildman–Crippen LogP) is 1.30. The van der Waals surface area contributed by atoms with Gasteiger partial charge >= 0.3 is 0 Å². The maximum Gasteiger partial charge on any atom is 0.251 e. The average molecular weight is 287 g/mol. The van der Waals surface area contributed by atoms with E-state index in [1.807, 2.05) is 12.1 Å². The van der Waals surface area contributed by atoms with Gasteiger partial charge in [-0.1, -0.05) is 0 Å². The highest BCUT2D eigenvalue weighted by molar-refractivity contribution is 5.97. The number of anilines is 1. The number of nitrogens with one attached hydrogen (secondary N) is 2. The molecule has 2 N–H and O–H groups in total. The number of amides is 2. The summed E-state index contributed by atoms with van der Waals surface area (Å²) in [6, 6.07) is 7.53. The zero-order valence-corrected chi connectivity index (χ0v) is 12.1. The first kappa shape index (κ1) is 14.1. The second kappa shape index (κ2) is 6.26. The van der Waals surface area contributed by atoms with Crippen molar-refractivity contribution < 1.29 is 9.59 Å². The first-order chi connectivity index (χ1) is 10.2. The summed E-state index contributed by atoms with van der Waals surface area (Å²) >= 11 is 0. The zero-order valence-electron chi connectivity index (χ0n) is 12.1. The summed E-state index contributed by atoms with van der Waals surface area (Å²) in [4.78, 5) is 25.7. The zero-order chi connectivity index (χ0) is 14.7. The van der Waals surface area contributed by atoms with Crippen molar-refractivity contribution in [2.24, 2.45) is 0 Å². The minimum absolute atomic E-state index is 0.0389. The predicted molar refractivity (Wildman–Crippen MR) is 81.4 cm³/mol. The van der Waals surface area contributed by atoms with Gasteiger partial charge in [-0.25, -0.2) is 0 Å². The van der Waals surface area contributed by atoms with Gasteiger partial charge in [0.15, 0.2) is 0 Å². The first-order valence-electron chi connectivity index (χ1n) is 7.66. The van der Waals surface area contributed by atoms with Crippen LogP contribution in [0.15, 0.2) is 24.3 Å². The van der Waals surface area contributed by atoms with Gasteiger partial charge in [-0.15, -0.1) is 0 Å². The van der Waals surface area contributed by atoms with Gasteiger partial charge in [-0.3, -0.25) is 9.59 Å². The van der Waals surface area contributed by atoms with E-state index < -0.39 is 0 Å². The van der Waals surface area contributed by atoms with E-state index in [1.165, 1.54) is 0 Å². The van der Waals surface area contributed by atoms with Crippen LogP contribution < -0.4 is 15.5 Å². The molecule has 2 amide bonds. The molecular weight excluding hydrogens is 266 g/mol. The van der Waals surface area contributed by atoms with Gasteiger partial charge in [0.2, 0.25) is 5.91 Å². The second-order valence-corrected chi connectivity index (χ2v) is 5.71. The summed E-state index contributed by atoms with van der Waals surface area (Å²) in [6.07, 6.45) is 3.66. The van der Waals surface area contributed by atoms with E-state index in [-0.39, 0.29) is 17.9 Å². The number of piperidine rings is 1. The topological polar surface area (TPSA) is 61.4 Å². The van der Waals surface area contributed by atoms with Crippen LogP contribution in [0.25, 0.3) is 0 Å². The fourth-order valence-corrected chi connectivity index (χ4v) is 2.96. The van der Waals surface area contributed by atoms with E-state index in [1.54, 1.807) is 17.0 Å². The SMILES string of the molecule is O=C(NC1CCCNC1)c1ccc(N2CCCC2=O)cc1. The Morgan fingerprint density at radius 2 is 2.05 bits per heavy atom. The molecular formula is C16H21N3O2. The molecule has 112 valence electrons. The van der Waals surface area contributed by atoms with Crippen molar-refractivity contribution in [2.45, 2.75) is 31.7 Å². The quantitative estimate of drug-likeness (QED) is 0.881. The molecule has 1 unspecified atom stereocenters. The maximum absolute atomic E-state index is 12.2. The lowest BCUT2D eigenvalue weighted by Gasteiger charge is -2.24. The van der Waals surface area contributed by atoms with Crippen LogP contribution in [0.3, 0.4) is 0 Å². The van der Waals surface area contributed by atoms with Gasteiger partial charge in [0.25, 0.3) is 5.91 Å². The Bertz CT molecular complexity index is 521. The number of nitrogens with zero attached hydrogens (tertiary/aromatic N) is 1. The van der Waals surface area contributed by atoms with Crippen LogP contribution in [-0.2, 0) is 4.79 Å². The standard InChI is InChI=1S/C16H21N3O2/c20-15-4-2-10-19(15)14-7-5-12(6-8-14)16(21)18-13-3-1-9-17-11-13/h5-8,13,17H,1-4,9-11H2,(H,18,21). The Morgan fingerprint density at radius 3 is 2.67 bits per heavy atom. The lowest BCUT2D eigenvalue weighted by Crippen LogP contribution is -2.45. The number of hydrogen-bond donors (Lipinski definition) is 2. The van der Waals surface area contributed by atoms with E-state index in [2.05, 4.69) is 10.6 Å². The van der Waals surface area contributed by atoms with Crippen LogP contribution in [0.5, 0.6) is 0 Å². The molecule has 0 aromatic heterocycles. The van der Waals surface area contributed by atoms with Gasteiger partial charge < -0.3 is 15.5 Å². The highest BCUT2D eigenvalue weighted by Crippen LogP contribution is 2.21. The summed E-state index contributed by atoms with van der Waals surface area (Å²) in [5, 5.41) is 6.33. The van der Waals surface area contributed by atoms with Gasteiger partial charge in [0.1, 0.15) is 0 Å². The largest absolute Gasteiger partial charge is 0.348 e. The molecule has 1 aromatic rings. The van der Waals surface area contributed by atoms with Crippen LogP contribution in [0.1, 0.15) is 36.0 Å². The van der Waals surface area contributed by atoms with Gasteiger partial charge in [0, 0.05) is 36.8 Å². The summed E-state index contributed by atoms with van der Waals surface area (Å²) < 4.78 is 0. The van der Waals surface area contributed by atoms with E-state index in [0.717, 1.165) is 44.6 Å². The van der Waals surface area contributed by atoms with Crippen molar-refractivity contribution in [1.82, 2.24) is 10.6 Å². The molecule has 2 heterocycles. The fourth-order valence-electron chi connectivity index (χ4n) is 2.96. The minimum Gasteiger partial charge on any atom is -0.348 e. The lowest BCUT2D eigenvalue weighted by atomic mass is 10.1. The maximum atomic E-state index is 12.2. The van der Waals surface area contributed by atoms with Crippen LogP contribution >= 0.6 is 0 Å². The number of benzene rings is 1. The molecule has 1 atom stereocenters. The third kappa shape index (κ3) is 3.24. The molecule has 0 aliphatic carbocycles. The van der Waals surface area contributed by atoms with Gasteiger partial charge in [-0.2, -0.15) is 0 Å². The normalized spacial score (nSPS) is 22.4. The smallest absolute Gasteiger partial charge is 0.251 e. The average Bonchev–Trinajstić information content (AvgIpc) is 2.94. The molecule has 2 aliphatic heterocycles. The van der Waals surface area contributed by atoms with Crippen LogP contribution in [0.2, 0.25) is 0 Å². The number of carbonyl (C=O) groups is 2. The Balaban J connectivity index is 1.63. The van der Waals surface area contributed by atoms with Gasteiger partial charge in [0.05, 0.1) is 0 Å². The second-order valence-electron chi connectivity index (χ2n) is 5.71. The Hall–Kier alpha value is -1.88. The molecule has 0 radical (unpaired) electrons. The molecule has 2 saturated heterocycles. The van der Waals surface area contributed by atoms with Crippen molar-refractivity contribution in [1.29, 1.82) is 0 Å². The molecule has 0 bridgehead atoms. The fraction of sp³-hybridized carbons (Fsp3) is 0.500. The van der Waals surface area contributed by atoms with Crippen LogP contribution in [-0.4, -0.2) is 37.5 Å². The van der Waals surface area contributed by atoms with Crippen molar-refractivity contribution in [3.05, 3.63) is 29.8 Å². The van der Waals surface area contributed by atoms with E-state index in [4.69, 9.17) is 0 Å². The summed E-state index contributed by atoms with van der Waals surface area (Å²) in [5.41, 5.74) is 1.53. The molecule has 2 fully saturated rings. The summed E-state index contributed by atoms with van der Waals surface area (Å²) in [6.45, 7) is 2.65. The Kier molecular flexibility index (Phi) is 4.20. The monoisotopic (exact) mass is 287 g/mol. The van der Waals surface area contributed by atoms with Crippen molar-refractivity contribution >= 4 is 17.5 Å². The number of carbonyl (C=O) groups excluding carboxylic acids is 2. The molecule has 2 aliphatic rings. The summed E-state index contributed by atoms with van der Waals surface area (Å²) in [7, 11) is 0. The van der Waals surface area contributed by atoms with Crippen molar-refractivity contribution in [3.63, 3.8) is 0 Å². The van der Waals surface area contributed by atoms with E-state index in [9.17, 15) is 9.59 Å². The first-order valence-corrected chi connectivity index (χ1v) is 7.66. The highest BCUT2D eigenvalue weighted by Gasteiger charge is 2.22. The number of hydrogen-bond acceptors (Lipinski definition) is 3. The van der Waals surface area contributed by atoms with Crippen LogP contribution in [0.4, 0.5) is 5.69 Å². The van der Waals surface area contributed by atoms with E-state index in [0.29, 0.717) is 12.0 Å². The molecule has 3 rings (SSSR count). The molecule has 1 aromatic carbocycles. The molecule has 0 saturated carbocycles.